The number of hydrogen-bond donors (Lipinski definition) is 2. The van der Waals surface area contributed by atoms with Crippen molar-refractivity contribution in [1.29, 1.82) is 0 Å². The molecule has 0 unspecified atom stereocenters. The fourth-order valence-electron chi connectivity index (χ4n) is 1.05. The van der Waals surface area contributed by atoms with Gasteiger partial charge in [0.15, 0.2) is 0 Å². The quantitative estimate of drug-likeness (QED) is 0.401. The molecule has 1 rings (SSSR count). The van der Waals surface area contributed by atoms with Crippen molar-refractivity contribution in [1.82, 2.24) is 5.43 Å². The van der Waals surface area contributed by atoms with Crippen molar-refractivity contribution >= 4 is 5.91 Å². The van der Waals surface area contributed by atoms with Gasteiger partial charge in [-0.1, -0.05) is 12.1 Å². The van der Waals surface area contributed by atoms with Gasteiger partial charge in [-0.2, -0.15) is 0 Å². The zero-order valence-corrected chi connectivity index (χ0v) is 7.30. The molecule has 0 aromatic heterocycles. The van der Waals surface area contributed by atoms with Crippen LogP contribution in [-0.4, -0.2) is 5.91 Å². The molecule has 0 aliphatic heterocycles. The molecule has 70 valence electrons. The number of carbonyl (C=O) groups excluding carboxylic acids is 1. The van der Waals surface area contributed by atoms with Crippen LogP contribution < -0.4 is 11.3 Å². The van der Waals surface area contributed by atoms with Crippen LogP contribution in [0, 0.1) is 12.7 Å². The van der Waals surface area contributed by atoms with Gasteiger partial charge >= 0.3 is 0 Å². The van der Waals surface area contributed by atoms with E-state index in [1.807, 2.05) is 5.43 Å². The number of halogens is 1. The lowest BCUT2D eigenvalue weighted by Gasteiger charge is -2.02. The molecule has 0 saturated carbocycles. The van der Waals surface area contributed by atoms with Crippen LogP contribution in [0.15, 0.2) is 18.2 Å². The SMILES string of the molecule is Cc1cc(CC(=O)NN)ccc1F. The standard InChI is InChI=1S/C9H11FN2O/c1-6-4-7(2-3-8(6)10)5-9(13)12-11/h2-4H,5,11H2,1H3,(H,12,13). The number of hydrazine groups is 1. The smallest absolute Gasteiger partial charge is 0.238 e. The van der Waals surface area contributed by atoms with E-state index < -0.39 is 0 Å². The topological polar surface area (TPSA) is 55.1 Å². The molecule has 1 amide bonds. The minimum atomic E-state index is -0.286. The van der Waals surface area contributed by atoms with Crippen molar-refractivity contribution in [3.05, 3.63) is 35.1 Å². The molecule has 0 bridgehead atoms. The van der Waals surface area contributed by atoms with Gasteiger partial charge in [0.05, 0.1) is 6.42 Å². The molecule has 1 aromatic rings. The van der Waals surface area contributed by atoms with E-state index in [2.05, 4.69) is 0 Å². The summed E-state index contributed by atoms with van der Waals surface area (Å²) in [5.74, 6) is 4.36. The van der Waals surface area contributed by atoms with Crippen LogP contribution in [-0.2, 0) is 11.2 Å². The molecule has 0 aliphatic carbocycles. The number of rotatable bonds is 2. The second kappa shape index (κ2) is 4.00. The predicted octanol–water partition coefficient (Wildman–Crippen LogP) is 0.667. The molecule has 0 aliphatic rings. The van der Waals surface area contributed by atoms with E-state index in [-0.39, 0.29) is 18.1 Å². The molecule has 0 spiro atoms. The zero-order chi connectivity index (χ0) is 9.84. The first-order valence-corrected chi connectivity index (χ1v) is 3.88. The van der Waals surface area contributed by atoms with Gasteiger partial charge in [-0.05, 0) is 24.1 Å². The number of aryl methyl sites for hydroxylation is 1. The molecular weight excluding hydrogens is 171 g/mol. The zero-order valence-electron chi connectivity index (χ0n) is 7.30. The number of carbonyl (C=O) groups is 1. The Balaban J connectivity index is 2.79. The summed E-state index contributed by atoms with van der Waals surface area (Å²) in [4.78, 5) is 10.8. The Labute approximate surface area is 75.7 Å². The molecule has 3 N–H and O–H groups in total. The maximum Gasteiger partial charge on any atom is 0.238 e. The third-order valence-electron chi connectivity index (χ3n) is 1.75. The largest absolute Gasteiger partial charge is 0.294 e. The molecule has 0 fully saturated rings. The first kappa shape index (κ1) is 9.67. The maximum absolute atomic E-state index is 12.8. The molecule has 0 saturated heterocycles. The Kier molecular flexibility index (Phi) is 2.97. The Bertz CT molecular complexity index is 325. The summed E-state index contributed by atoms with van der Waals surface area (Å²) >= 11 is 0. The summed E-state index contributed by atoms with van der Waals surface area (Å²) in [7, 11) is 0. The second-order valence-electron chi connectivity index (χ2n) is 2.83. The second-order valence-corrected chi connectivity index (χ2v) is 2.83. The number of nitrogens with one attached hydrogen (secondary N) is 1. The molecule has 3 nitrogen and oxygen atoms in total. The van der Waals surface area contributed by atoms with Gasteiger partial charge in [0.1, 0.15) is 5.82 Å². The van der Waals surface area contributed by atoms with Gasteiger partial charge in [-0.3, -0.25) is 10.2 Å². The van der Waals surface area contributed by atoms with Crippen LogP contribution in [0.25, 0.3) is 0 Å². The van der Waals surface area contributed by atoms with Gasteiger partial charge in [-0.25, -0.2) is 10.2 Å². The fraction of sp³-hybridized carbons (Fsp3) is 0.222. The first-order valence-electron chi connectivity index (χ1n) is 3.88. The number of amides is 1. The summed E-state index contributed by atoms with van der Waals surface area (Å²) in [5, 5.41) is 0. The molecule has 0 heterocycles. The summed E-state index contributed by atoms with van der Waals surface area (Å²) in [6.45, 7) is 1.65. The minimum absolute atomic E-state index is 0.178. The molecule has 4 heteroatoms. The van der Waals surface area contributed by atoms with E-state index in [9.17, 15) is 9.18 Å². The van der Waals surface area contributed by atoms with Gasteiger partial charge in [0.2, 0.25) is 5.91 Å². The van der Waals surface area contributed by atoms with Gasteiger partial charge in [0, 0.05) is 0 Å². The van der Waals surface area contributed by atoms with Crippen LogP contribution in [0.1, 0.15) is 11.1 Å². The third kappa shape index (κ3) is 2.52. The van der Waals surface area contributed by atoms with Crippen molar-refractivity contribution < 1.29 is 9.18 Å². The van der Waals surface area contributed by atoms with Crippen LogP contribution in [0.3, 0.4) is 0 Å². The lowest BCUT2D eigenvalue weighted by molar-refractivity contribution is -0.120. The predicted molar refractivity (Wildman–Crippen MR) is 47.2 cm³/mol. The van der Waals surface area contributed by atoms with Gasteiger partial charge in [0.25, 0.3) is 0 Å². The van der Waals surface area contributed by atoms with Crippen molar-refractivity contribution in [2.45, 2.75) is 13.3 Å². The van der Waals surface area contributed by atoms with Crippen molar-refractivity contribution in [3.8, 4) is 0 Å². The van der Waals surface area contributed by atoms with Crippen LogP contribution >= 0.6 is 0 Å². The minimum Gasteiger partial charge on any atom is -0.294 e. The summed E-state index contributed by atoms with van der Waals surface area (Å²) in [5.41, 5.74) is 3.30. The number of nitrogens with two attached hydrogens (primary N) is 1. The van der Waals surface area contributed by atoms with E-state index in [1.165, 1.54) is 6.07 Å². The summed E-state index contributed by atoms with van der Waals surface area (Å²) in [6.07, 6.45) is 0.178. The number of hydrogen-bond acceptors (Lipinski definition) is 2. The highest BCUT2D eigenvalue weighted by atomic mass is 19.1. The van der Waals surface area contributed by atoms with E-state index in [0.29, 0.717) is 5.56 Å². The van der Waals surface area contributed by atoms with E-state index >= 15 is 0 Å². The normalized spacial score (nSPS) is 9.77. The number of benzene rings is 1. The Hall–Kier alpha value is -1.42. The first-order chi connectivity index (χ1) is 6.13. The highest BCUT2D eigenvalue weighted by Gasteiger charge is 2.03. The molecule has 1 aromatic carbocycles. The Morgan fingerprint density at radius 3 is 2.85 bits per heavy atom. The van der Waals surface area contributed by atoms with E-state index in [0.717, 1.165) is 5.56 Å². The fourth-order valence-corrected chi connectivity index (χ4v) is 1.05. The Morgan fingerprint density at radius 1 is 1.62 bits per heavy atom. The van der Waals surface area contributed by atoms with Crippen LogP contribution in [0.4, 0.5) is 4.39 Å². The van der Waals surface area contributed by atoms with Gasteiger partial charge < -0.3 is 0 Å². The van der Waals surface area contributed by atoms with E-state index in [4.69, 9.17) is 5.84 Å². The molecule has 13 heavy (non-hydrogen) atoms. The average molecular weight is 182 g/mol. The highest BCUT2D eigenvalue weighted by molar-refractivity contribution is 5.77. The third-order valence-corrected chi connectivity index (χ3v) is 1.75. The molecule has 0 atom stereocenters. The highest BCUT2D eigenvalue weighted by Crippen LogP contribution is 2.09. The lowest BCUT2D eigenvalue weighted by atomic mass is 10.1. The van der Waals surface area contributed by atoms with Crippen molar-refractivity contribution in [2.75, 3.05) is 0 Å². The van der Waals surface area contributed by atoms with Crippen molar-refractivity contribution in [3.63, 3.8) is 0 Å². The molecule has 0 radical (unpaired) electrons. The van der Waals surface area contributed by atoms with Gasteiger partial charge in [-0.15, -0.1) is 0 Å². The van der Waals surface area contributed by atoms with E-state index in [1.54, 1.807) is 19.1 Å². The summed E-state index contributed by atoms with van der Waals surface area (Å²) < 4.78 is 12.8. The van der Waals surface area contributed by atoms with Crippen LogP contribution in [0.5, 0.6) is 0 Å². The Morgan fingerprint density at radius 2 is 2.31 bits per heavy atom. The van der Waals surface area contributed by atoms with Crippen LogP contribution in [0.2, 0.25) is 0 Å². The molecular formula is C9H11FN2O. The monoisotopic (exact) mass is 182 g/mol. The van der Waals surface area contributed by atoms with Crippen molar-refractivity contribution in [2.24, 2.45) is 5.84 Å². The average Bonchev–Trinajstić information content (AvgIpc) is 2.11. The maximum atomic E-state index is 12.8. The summed E-state index contributed by atoms with van der Waals surface area (Å²) in [6, 6.07) is 4.54. The lowest BCUT2D eigenvalue weighted by Crippen LogP contribution is -2.31.